The molecular formula is C31H27Cl2FN8OS. The second-order valence-corrected chi connectivity index (χ2v) is 12.6. The Balaban J connectivity index is 1.31. The molecule has 2 aromatic carbocycles. The Morgan fingerprint density at radius 3 is 2.80 bits per heavy atom. The maximum atomic E-state index is 13.9. The summed E-state index contributed by atoms with van der Waals surface area (Å²) in [5.41, 5.74) is 5.85. The number of ether oxygens (including phenoxy) is 1. The van der Waals surface area contributed by atoms with E-state index in [2.05, 4.69) is 49.2 Å². The summed E-state index contributed by atoms with van der Waals surface area (Å²) >= 11 is 14.6. The van der Waals surface area contributed by atoms with Crippen LogP contribution in [0.2, 0.25) is 10.0 Å². The molecule has 5 aromatic rings. The lowest BCUT2D eigenvalue weighted by Crippen LogP contribution is -2.31. The summed E-state index contributed by atoms with van der Waals surface area (Å²) in [6.45, 7) is 6.37. The zero-order valence-electron chi connectivity index (χ0n) is 23.6. The number of nitriles is 1. The van der Waals surface area contributed by atoms with Gasteiger partial charge in [-0.05, 0) is 59.8 Å². The van der Waals surface area contributed by atoms with Crippen LogP contribution >= 0.6 is 34.5 Å². The summed E-state index contributed by atoms with van der Waals surface area (Å²) in [7, 11) is 0. The molecule has 0 unspecified atom stereocenters. The minimum Gasteiger partial charge on any atom is -0.377 e. The van der Waals surface area contributed by atoms with Gasteiger partial charge >= 0.3 is 0 Å². The first-order chi connectivity index (χ1) is 21.4. The lowest BCUT2D eigenvalue weighted by Gasteiger charge is -2.27. The molecule has 44 heavy (non-hydrogen) atoms. The van der Waals surface area contributed by atoms with Gasteiger partial charge in [0, 0.05) is 40.9 Å². The van der Waals surface area contributed by atoms with E-state index in [9.17, 15) is 9.65 Å². The molecule has 0 amide bonds. The molecule has 0 radical (unpaired) electrons. The van der Waals surface area contributed by atoms with Crippen LogP contribution in [0.25, 0.3) is 10.9 Å². The SMILES string of the molecule is CCN1CCc2c([C@H](Nc3cc(Cl)c4ncc(C#N)c(Nc5ccc(F)c(Cl)c5)c4c3)c3cn(C4COC4)nn3)csc2C1. The van der Waals surface area contributed by atoms with Crippen molar-refractivity contribution in [3.8, 4) is 6.07 Å². The zero-order valence-corrected chi connectivity index (χ0v) is 26.0. The molecule has 2 aliphatic heterocycles. The molecule has 13 heteroatoms. The lowest BCUT2D eigenvalue weighted by atomic mass is 9.96. The maximum absolute atomic E-state index is 13.9. The molecule has 5 heterocycles. The summed E-state index contributed by atoms with van der Waals surface area (Å²) < 4.78 is 21.1. The summed E-state index contributed by atoms with van der Waals surface area (Å²) in [5, 5.41) is 29.1. The van der Waals surface area contributed by atoms with Crippen LogP contribution in [0.15, 0.2) is 48.1 Å². The quantitative estimate of drug-likeness (QED) is 0.184. The van der Waals surface area contributed by atoms with Gasteiger partial charge in [-0.3, -0.25) is 9.88 Å². The number of hydrogen-bond acceptors (Lipinski definition) is 9. The standard InChI is InChI=1S/C31H27Cl2FN8OS/c1-2-41-6-5-21-23(16-44-28(21)13-41)31(27-12-42(40-39-27)20-14-43-15-20)38-19-7-22-29(37-18-3-4-26(34)24(32)8-18)17(10-35)11-36-30(22)25(33)9-19/h3-4,7-9,11-12,16,20,31,38H,2,5-6,13-15H2,1H3,(H,36,37)/t31-/m0/s1. The number of thiophene rings is 1. The molecule has 224 valence electrons. The Bertz CT molecular complexity index is 1920. The molecule has 0 bridgehead atoms. The van der Waals surface area contributed by atoms with Crippen molar-refractivity contribution in [3.05, 3.63) is 91.2 Å². The van der Waals surface area contributed by atoms with Gasteiger partial charge in [0.05, 0.1) is 52.3 Å². The normalized spacial score (nSPS) is 15.9. The van der Waals surface area contributed by atoms with Gasteiger partial charge in [-0.2, -0.15) is 5.26 Å². The Hall–Kier alpha value is -3.79. The number of halogens is 3. The predicted molar refractivity (Wildman–Crippen MR) is 170 cm³/mol. The summed E-state index contributed by atoms with van der Waals surface area (Å²) in [6.07, 6.45) is 4.41. The van der Waals surface area contributed by atoms with Crippen molar-refractivity contribution in [1.82, 2.24) is 24.9 Å². The Morgan fingerprint density at radius 2 is 2.05 bits per heavy atom. The number of aromatic nitrogens is 4. The number of nitrogens with zero attached hydrogens (tertiary/aromatic N) is 6. The highest BCUT2D eigenvalue weighted by atomic mass is 35.5. The van der Waals surface area contributed by atoms with Crippen molar-refractivity contribution in [1.29, 1.82) is 5.26 Å². The summed E-state index contributed by atoms with van der Waals surface area (Å²) in [5.74, 6) is -0.530. The van der Waals surface area contributed by atoms with E-state index in [1.165, 1.54) is 28.8 Å². The van der Waals surface area contributed by atoms with Gasteiger partial charge in [-0.15, -0.1) is 16.4 Å². The molecule has 9 nitrogen and oxygen atoms in total. The molecule has 0 aliphatic carbocycles. The summed E-state index contributed by atoms with van der Waals surface area (Å²) in [4.78, 5) is 8.29. The van der Waals surface area contributed by atoms with Crippen molar-refractivity contribution in [2.45, 2.75) is 32.0 Å². The van der Waals surface area contributed by atoms with Crippen LogP contribution in [0, 0.1) is 17.1 Å². The van der Waals surface area contributed by atoms with Crippen LogP contribution in [0.4, 0.5) is 21.5 Å². The average molecular weight is 650 g/mol. The second-order valence-electron chi connectivity index (χ2n) is 10.9. The highest BCUT2D eigenvalue weighted by Gasteiger charge is 2.29. The van der Waals surface area contributed by atoms with E-state index in [-0.39, 0.29) is 17.1 Å². The van der Waals surface area contributed by atoms with Gasteiger partial charge < -0.3 is 15.4 Å². The van der Waals surface area contributed by atoms with E-state index in [1.807, 2.05) is 23.0 Å². The topological polar surface area (TPSA) is 104 Å². The van der Waals surface area contributed by atoms with E-state index >= 15 is 0 Å². The third-order valence-corrected chi connectivity index (χ3v) is 9.79. The van der Waals surface area contributed by atoms with Crippen LogP contribution < -0.4 is 10.6 Å². The lowest BCUT2D eigenvalue weighted by molar-refractivity contribution is -0.0293. The molecule has 1 atom stereocenters. The van der Waals surface area contributed by atoms with Gasteiger partial charge in [0.2, 0.25) is 0 Å². The monoisotopic (exact) mass is 648 g/mol. The number of nitrogens with one attached hydrogen (secondary N) is 2. The van der Waals surface area contributed by atoms with Crippen LogP contribution in [0.3, 0.4) is 0 Å². The van der Waals surface area contributed by atoms with E-state index < -0.39 is 5.82 Å². The van der Waals surface area contributed by atoms with Gasteiger partial charge in [0.25, 0.3) is 0 Å². The van der Waals surface area contributed by atoms with Crippen LogP contribution in [-0.4, -0.2) is 51.2 Å². The van der Waals surface area contributed by atoms with E-state index in [4.69, 9.17) is 27.9 Å². The minimum atomic E-state index is -0.530. The van der Waals surface area contributed by atoms with Crippen LogP contribution in [0.5, 0.6) is 0 Å². The molecule has 2 N–H and O–H groups in total. The number of pyridine rings is 1. The molecule has 0 spiro atoms. The van der Waals surface area contributed by atoms with Crippen molar-refractivity contribution < 1.29 is 9.13 Å². The van der Waals surface area contributed by atoms with Crippen LogP contribution in [0.1, 0.15) is 46.3 Å². The molecule has 1 fully saturated rings. The smallest absolute Gasteiger partial charge is 0.141 e. The first kappa shape index (κ1) is 29.0. The van der Waals surface area contributed by atoms with Crippen LogP contribution in [-0.2, 0) is 17.7 Å². The number of benzene rings is 2. The molecule has 2 aliphatic rings. The van der Waals surface area contributed by atoms with Gasteiger partial charge in [0.1, 0.15) is 23.6 Å². The maximum Gasteiger partial charge on any atom is 0.141 e. The van der Waals surface area contributed by atoms with Crippen molar-refractivity contribution in [3.63, 3.8) is 0 Å². The molecule has 0 saturated carbocycles. The third kappa shape index (κ3) is 5.38. The fourth-order valence-corrected chi connectivity index (χ4v) is 7.27. The number of fused-ring (bicyclic) bond motifs is 2. The third-order valence-electron chi connectivity index (χ3n) is 8.18. The zero-order chi connectivity index (χ0) is 30.4. The first-order valence-corrected chi connectivity index (χ1v) is 15.9. The first-order valence-electron chi connectivity index (χ1n) is 14.2. The minimum absolute atomic E-state index is 0.0299. The van der Waals surface area contributed by atoms with Crippen molar-refractivity contribution in [2.24, 2.45) is 0 Å². The molecule has 3 aromatic heterocycles. The average Bonchev–Trinajstić information content (AvgIpc) is 3.64. The van der Waals surface area contributed by atoms with E-state index in [0.29, 0.717) is 46.1 Å². The fourth-order valence-electron chi connectivity index (χ4n) is 5.65. The van der Waals surface area contributed by atoms with E-state index in [0.717, 1.165) is 43.0 Å². The Kier molecular flexibility index (Phi) is 7.86. The van der Waals surface area contributed by atoms with E-state index in [1.54, 1.807) is 17.4 Å². The molecule has 1 saturated heterocycles. The van der Waals surface area contributed by atoms with Crippen molar-refractivity contribution in [2.75, 3.05) is 36.9 Å². The molecular weight excluding hydrogens is 622 g/mol. The number of likely N-dealkylation sites (N-methyl/N-ethyl adjacent to an activating group) is 1. The largest absolute Gasteiger partial charge is 0.377 e. The molecule has 7 rings (SSSR count). The summed E-state index contributed by atoms with van der Waals surface area (Å²) in [6, 6.07) is 10.1. The number of hydrogen-bond donors (Lipinski definition) is 2. The predicted octanol–water partition coefficient (Wildman–Crippen LogP) is 7.10. The number of rotatable bonds is 8. The highest BCUT2D eigenvalue weighted by Crippen LogP contribution is 2.40. The Labute approximate surface area is 267 Å². The fraction of sp³-hybridized carbons (Fsp3) is 0.290. The van der Waals surface area contributed by atoms with Gasteiger partial charge in [0.15, 0.2) is 0 Å². The Morgan fingerprint density at radius 1 is 1.20 bits per heavy atom. The highest BCUT2D eigenvalue weighted by molar-refractivity contribution is 7.10. The van der Waals surface area contributed by atoms with Crippen molar-refractivity contribution >= 4 is 62.5 Å². The second kappa shape index (κ2) is 12.0. The number of anilines is 3. The van der Waals surface area contributed by atoms with Gasteiger partial charge in [-0.1, -0.05) is 35.3 Å². The van der Waals surface area contributed by atoms with Gasteiger partial charge in [-0.25, -0.2) is 9.07 Å².